The normalized spacial score (nSPS) is 10.7. The molecule has 4 N–H and O–H groups in total. The largest absolute Gasteiger partial charge is 0.417 e. The molecule has 1 aromatic heterocycles. The molecule has 0 saturated heterocycles. The lowest BCUT2D eigenvalue weighted by atomic mass is 10.4. The maximum Gasteiger partial charge on any atom is 0.388 e. The monoisotopic (exact) mass is 228 g/mol. The number of amidine groups is 1. The highest BCUT2D eigenvalue weighted by Gasteiger charge is 2.05. The summed E-state index contributed by atoms with van der Waals surface area (Å²) >= 11 is 0. The number of ether oxygens (including phenoxy) is 1. The minimum Gasteiger partial charge on any atom is -0.417 e. The number of pyridine rings is 1. The van der Waals surface area contributed by atoms with Crippen LogP contribution in [0.1, 0.15) is 0 Å². The predicted molar refractivity (Wildman–Crippen MR) is 55.5 cm³/mol. The van der Waals surface area contributed by atoms with E-state index >= 15 is 0 Å². The Morgan fingerprint density at radius 2 is 2.38 bits per heavy atom. The first-order valence-electron chi connectivity index (χ1n) is 4.26. The van der Waals surface area contributed by atoms with Crippen molar-refractivity contribution in [2.75, 3.05) is 5.32 Å². The van der Waals surface area contributed by atoms with Gasteiger partial charge in [-0.3, -0.25) is 5.41 Å². The molecule has 0 spiro atoms. The highest BCUT2D eigenvalue weighted by molar-refractivity contribution is 5.88. The van der Waals surface area contributed by atoms with Crippen LogP contribution in [0.4, 0.5) is 14.5 Å². The van der Waals surface area contributed by atoms with Gasteiger partial charge in [-0.1, -0.05) is 0 Å². The van der Waals surface area contributed by atoms with E-state index in [2.05, 4.69) is 15.0 Å². The maximum absolute atomic E-state index is 11.9. The van der Waals surface area contributed by atoms with Gasteiger partial charge in [-0.2, -0.15) is 8.78 Å². The number of hydrogen-bond acceptors (Lipinski definition) is 4. The van der Waals surface area contributed by atoms with E-state index in [9.17, 15) is 8.78 Å². The lowest BCUT2D eigenvalue weighted by Gasteiger charge is -2.05. The van der Waals surface area contributed by atoms with Crippen molar-refractivity contribution in [2.24, 2.45) is 5.73 Å². The first-order valence-corrected chi connectivity index (χ1v) is 4.26. The van der Waals surface area contributed by atoms with Crippen LogP contribution in [0.15, 0.2) is 30.6 Å². The smallest absolute Gasteiger partial charge is 0.388 e. The fourth-order valence-electron chi connectivity index (χ4n) is 0.883. The van der Waals surface area contributed by atoms with Crippen molar-refractivity contribution in [3.05, 3.63) is 30.6 Å². The summed E-state index contributed by atoms with van der Waals surface area (Å²) in [6, 6.07) is 2.86. The molecule has 0 fully saturated rings. The topological polar surface area (TPSA) is 84.0 Å². The van der Waals surface area contributed by atoms with Crippen molar-refractivity contribution >= 4 is 11.5 Å². The van der Waals surface area contributed by atoms with Crippen LogP contribution in [-0.2, 0) is 0 Å². The molecule has 86 valence electrons. The molecule has 0 unspecified atom stereocenters. The molecule has 7 heteroatoms. The van der Waals surface area contributed by atoms with Crippen LogP contribution in [-0.4, -0.2) is 17.4 Å². The highest BCUT2D eigenvalue weighted by atomic mass is 19.3. The van der Waals surface area contributed by atoms with Crippen molar-refractivity contribution in [1.82, 2.24) is 4.98 Å². The number of nitrogens with one attached hydrogen (secondary N) is 2. The van der Waals surface area contributed by atoms with Crippen LogP contribution in [0.3, 0.4) is 0 Å². The van der Waals surface area contributed by atoms with E-state index in [1.165, 1.54) is 24.5 Å². The Balaban J connectivity index is 2.63. The Hall–Kier alpha value is -2.18. The summed E-state index contributed by atoms with van der Waals surface area (Å²) in [5.41, 5.74) is 5.58. The van der Waals surface area contributed by atoms with E-state index in [0.717, 1.165) is 0 Å². The molecule has 0 aromatic carbocycles. The first-order chi connectivity index (χ1) is 7.58. The summed E-state index contributed by atoms with van der Waals surface area (Å²) < 4.78 is 27.8. The average molecular weight is 228 g/mol. The second-order valence-corrected chi connectivity index (χ2v) is 2.69. The lowest BCUT2D eigenvalue weighted by molar-refractivity contribution is -0.0527. The van der Waals surface area contributed by atoms with Crippen LogP contribution in [0.2, 0.25) is 0 Å². The van der Waals surface area contributed by atoms with Crippen LogP contribution < -0.4 is 15.8 Å². The van der Waals surface area contributed by atoms with Gasteiger partial charge in [0.2, 0.25) is 5.88 Å². The predicted octanol–water partition coefficient (Wildman–Crippen LogP) is 1.54. The van der Waals surface area contributed by atoms with Crippen molar-refractivity contribution in [2.45, 2.75) is 6.61 Å². The Labute approximate surface area is 90.4 Å². The number of hydrogen-bond donors (Lipinski definition) is 3. The van der Waals surface area contributed by atoms with Gasteiger partial charge in [0.15, 0.2) is 0 Å². The van der Waals surface area contributed by atoms with E-state index in [0.29, 0.717) is 5.69 Å². The quantitative estimate of drug-likeness (QED) is 0.527. The zero-order chi connectivity index (χ0) is 12.0. The van der Waals surface area contributed by atoms with Gasteiger partial charge in [-0.05, 0) is 12.1 Å². The zero-order valence-electron chi connectivity index (χ0n) is 8.15. The van der Waals surface area contributed by atoms with Gasteiger partial charge in [0, 0.05) is 24.2 Å². The van der Waals surface area contributed by atoms with Gasteiger partial charge >= 0.3 is 6.61 Å². The summed E-state index contributed by atoms with van der Waals surface area (Å²) in [5, 5.41) is 9.63. The Kier molecular flexibility index (Phi) is 4.19. The molecular weight excluding hydrogens is 218 g/mol. The van der Waals surface area contributed by atoms with E-state index in [4.69, 9.17) is 11.1 Å². The molecule has 0 atom stereocenters. The van der Waals surface area contributed by atoms with Gasteiger partial charge in [0.25, 0.3) is 0 Å². The van der Waals surface area contributed by atoms with Gasteiger partial charge in [-0.15, -0.1) is 0 Å². The second kappa shape index (κ2) is 5.64. The number of alkyl halides is 2. The first kappa shape index (κ1) is 11.9. The highest BCUT2D eigenvalue weighted by Crippen LogP contribution is 2.15. The van der Waals surface area contributed by atoms with E-state index in [-0.39, 0.29) is 11.7 Å². The number of nitrogens with zero attached hydrogens (tertiary/aromatic N) is 1. The van der Waals surface area contributed by atoms with Crippen LogP contribution in [0.5, 0.6) is 5.88 Å². The number of aromatic nitrogens is 1. The maximum atomic E-state index is 11.9. The lowest BCUT2D eigenvalue weighted by Crippen LogP contribution is -2.05. The average Bonchev–Trinajstić information content (AvgIpc) is 2.16. The van der Waals surface area contributed by atoms with E-state index < -0.39 is 6.61 Å². The van der Waals surface area contributed by atoms with Gasteiger partial charge in [-0.25, -0.2) is 4.98 Å². The van der Waals surface area contributed by atoms with Gasteiger partial charge < -0.3 is 15.8 Å². The van der Waals surface area contributed by atoms with Crippen molar-refractivity contribution in [3.8, 4) is 5.88 Å². The van der Waals surface area contributed by atoms with Crippen molar-refractivity contribution in [1.29, 1.82) is 5.41 Å². The number of halogens is 2. The molecule has 0 saturated carbocycles. The van der Waals surface area contributed by atoms with Crippen LogP contribution in [0.25, 0.3) is 0 Å². The Morgan fingerprint density at radius 3 is 3.00 bits per heavy atom. The van der Waals surface area contributed by atoms with Gasteiger partial charge in [0.05, 0.1) is 0 Å². The molecule has 0 aliphatic heterocycles. The van der Waals surface area contributed by atoms with Gasteiger partial charge in [0.1, 0.15) is 5.84 Å². The SMILES string of the molecule is N=C(N)/C=C\Nc1ccnc(OC(F)F)c1. The summed E-state index contributed by atoms with van der Waals surface area (Å²) in [6.45, 7) is -2.91. The molecule has 0 amide bonds. The molecule has 0 aliphatic carbocycles. The molecule has 1 aromatic rings. The zero-order valence-corrected chi connectivity index (χ0v) is 8.15. The minimum absolute atomic E-state index is 0.120. The number of anilines is 1. The molecule has 16 heavy (non-hydrogen) atoms. The summed E-state index contributed by atoms with van der Waals surface area (Å²) in [7, 11) is 0. The molecule has 1 heterocycles. The standard InChI is InChI=1S/C9H10F2N4O/c10-9(11)16-8-5-6(1-3-15-8)14-4-2-7(12)13/h1-5,9H,(H3,12,13)(H,14,15)/b4-2-. The molecule has 0 aliphatic rings. The molecule has 0 bridgehead atoms. The number of rotatable bonds is 5. The number of nitrogens with two attached hydrogens (primary N) is 1. The second-order valence-electron chi connectivity index (χ2n) is 2.69. The van der Waals surface area contributed by atoms with Crippen LogP contribution in [0, 0.1) is 5.41 Å². The molecule has 5 nitrogen and oxygen atoms in total. The fourth-order valence-corrected chi connectivity index (χ4v) is 0.883. The third-order valence-electron chi connectivity index (χ3n) is 1.46. The third-order valence-corrected chi connectivity index (χ3v) is 1.46. The van der Waals surface area contributed by atoms with Crippen LogP contribution >= 0.6 is 0 Å². The minimum atomic E-state index is -2.91. The van der Waals surface area contributed by atoms with E-state index in [1.807, 2.05) is 0 Å². The molecular formula is C9H10F2N4O. The summed E-state index contributed by atoms with van der Waals surface area (Å²) in [4.78, 5) is 3.59. The Bertz CT molecular complexity index is 395. The molecule has 0 radical (unpaired) electrons. The van der Waals surface area contributed by atoms with E-state index in [1.54, 1.807) is 6.07 Å². The third kappa shape index (κ3) is 4.36. The summed E-state index contributed by atoms with van der Waals surface area (Å²) in [5.74, 6) is -0.304. The summed E-state index contributed by atoms with van der Waals surface area (Å²) in [6.07, 6.45) is 4.04. The molecule has 1 rings (SSSR count). The van der Waals surface area contributed by atoms with Crippen molar-refractivity contribution < 1.29 is 13.5 Å². The fraction of sp³-hybridized carbons (Fsp3) is 0.111. The van der Waals surface area contributed by atoms with Crippen molar-refractivity contribution in [3.63, 3.8) is 0 Å². The Morgan fingerprint density at radius 1 is 1.62 bits per heavy atom.